The van der Waals surface area contributed by atoms with Crippen LogP contribution in [0.3, 0.4) is 0 Å². The first-order chi connectivity index (χ1) is 27.6. The standard InChI is InChI=1S/C49H81NO7/c1-6-8-10-12-14-16-18-19-20-21-22-23-24-25-26-27-28-29-30-32-33-35-37-39-47(51)56-44-45(43-55-42-41-46(49(53)54)50(3,4)5)57-48(52)40-38-36-34-31-17-15-13-11-9-7-2/h8,10,14,16,19-20,22-23,25-26,28-29,32-33,45-46H,6-7,9,11-13,15,17-18,21,24,27,30-31,34-44H2,1-5H3/b10-8+,16-14+,20-19+,23-22+,26-25+,29-28+,33-32+. The molecule has 0 N–H and O–H groups in total. The molecular weight excluding hydrogens is 715 g/mol. The smallest absolute Gasteiger partial charge is 0.306 e. The number of allylic oxidation sites excluding steroid dienone is 14. The number of ether oxygens (including phenoxy) is 3. The third-order valence-corrected chi connectivity index (χ3v) is 9.30. The van der Waals surface area contributed by atoms with Gasteiger partial charge in [0.15, 0.2) is 6.10 Å². The average Bonchev–Trinajstić information content (AvgIpc) is 3.17. The fraction of sp³-hybridized carbons (Fsp3) is 0.653. The summed E-state index contributed by atoms with van der Waals surface area (Å²) in [5.41, 5.74) is 0. The van der Waals surface area contributed by atoms with Crippen molar-refractivity contribution in [2.24, 2.45) is 0 Å². The molecule has 0 aliphatic heterocycles. The normalized spacial score (nSPS) is 13.8. The van der Waals surface area contributed by atoms with E-state index < -0.39 is 18.1 Å². The number of carboxylic acids is 1. The maximum Gasteiger partial charge on any atom is 0.306 e. The van der Waals surface area contributed by atoms with Crippen LogP contribution in [0.2, 0.25) is 0 Å². The molecule has 324 valence electrons. The predicted molar refractivity (Wildman–Crippen MR) is 235 cm³/mol. The molecular formula is C49H81NO7. The lowest BCUT2D eigenvalue weighted by Crippen LogP contribution is -2.55. The summed E-state index contributed by atoms with van der Waals surface area (Å²) in [5, 5.41) is 11.6. The first kappa shape index (κ1) is 53.5. The highest BCUT2D eigenvalue weighted by Crippen LogP contribution is 2.13. The highest BCUT2D eigenvalue weighted by atomic mass is 16.6. The number of nitrogens with zero attached hydrogens (tertiary/aromatic N) is 1. The summed E-state index contributed by atoms with van der Waals surface area (Å²) in [6.45, 7) is 4.45. The van der Waals surface area contributed by atoms with Gasteiger partial charge in [-0.15, -0.1) is 0 Å². The Labute approximate surface area is 348 Å². The van der Waals surface area contributed by atoms with Gasteiger partial charge in [0.05, 0.1) is 40.3 Å². The second kappa shape index (κ2) is 39.3. The van der Waals surface area contributed by atoms with Gasteiger partial charge < -0.3 is 28.6 Å². The average molecular weight is 796 g/mol. The van der Waals surface area contributed by atoms with Crippen LogP contribution >= 0.6 is 0 Å². The van der Waals surface area contributed by atoms with E-state index in [1.807, 2.05) is 0 Å². The minimum Gasteiger partial charge on any atom is -0.544 e. The van der Waals surface area contributed by atoms with Crippen molar-refractivity contribution in [3.05, 3.63) is 85.1 Å². The lowest BCUT2D eigenvalue weighted by Gasteiger charge is -2.34. The quantitative estimate of drug-likeness (QED) is 0.0265. The number of rotatable bonds is 38. The van der Waals surface area contributed by atoms with Crippen molar-refractivity contribution in [1.82, 2.24) is 0 Å². The Bertz CT molecular complexity index is 1200. The predicted octanol–water partition coefficient (Wildman–Crippen LogP) is 10.8. The zero-order valence-corrected chi connectivity index (χ0v) is 36.7. The first-order valence-corrected chi connectivity index (χ1v) is 22.1. The number of carboxylic acid groups (broad SMARTS) is 1. The van der Waals surface area contributed by atoms with Crippen LogP contribution in [0.15, 0.2) is 85.1 Å². The van der Waals surface area contributed by atoms with Crippen molar-refractivity contribution >= 4 is 17.9 Å². The number of carbonyl (C=O) groups is 3. The Morgan fingerprint density at radius 2 is 0.982 bits per heavy atom. The number of aliphatic carboxylic acids is 1. The molecule has 0 rings (SSSR count). The molecule has 0 saturated carbocycles. The minimum absolute atomic E-state index is 0.0191. The zero-order chi connectivity index (χ0) is 42.1. The van der Waals surface area contributed by atoms with E-state index in [0.717, 1.165) is 70.6 Å². The molecule has 0 aromatic heterocycles. The number of carbonyl (C=O) groups excluding carboxylic acids is 3. The van der Waals surface area contributed by atoms with Gasteiger partial charge in [-0.3, -0.25) is 9.59 Å². The number of esters is 2. The molecule has 0 fully saturated rings. The maximum absolute atomic E-state index is 12.7. The number of likely N-dealkylation sites (N-methyl/N-ethyl adjacent to an activating group) is 1. The lowest BCUT2D eigenvalue weighted by atomic mass is 10.1. The van der Waals surface area contributed by atoms with E-state index in [0.29, 0.717) is 12.8 Å². The van der Waals surface area contributed by atoms with Gasteiger partial charge in [-0.1, -0.05) is 157 Å². The second-order valence-corrected chi connectivity index (χ2v) is 15.6. The highest BCUT2D eigenvalue weighted by molar-refractivity contribution is 5.70. The van der Waals surface area contributed by atoms with Crippen molar-refractivity contribution in [3.63, 3.8) is 0 Å². The molecule has 8 nitrogen and oxygen atoms in total. The summed E-state index contributed by atoms with van der Waals surface area (Å²) in [6, 6.07) is -0.736. The molecule has 0 aromatic carbocycles. The molecule has 0 aliphatic rings. The van der Waals surface area contributed by atoms with Crippen LogP contribution in [-0.4, -0.2) is 75.5 Å². The van der Waals surface area contributed by atoms with Gasteiger partial charge in [-0.25, -0.2) is 0 Å². The Balaban J connectivity index is 4.39. The van der Waals surface area contributed by atoms with Crippen LogP contribution in [0, 0.1) is 0 Å². The van der Waals surface area contributed by atoms with E-state index in [4.69, 9.17) is 14.2 Å². The van der Waals surface area contributed by atoms with Crippen LogP contribution in [0.25, 0.3) is 0 Å². The van der Waals surface area contributed by atoms with Crippen LogP contribution < -0.4 is 5.11 Å². The van der Waals surface area contributed by atoms with E-state index in [-0.39, 0.29) is 49.1 Å². The molecule has 0 heterocycles. The Morgan fingerprint density at radius 1 is 0.544 bits per heavy atom. The molecule has 0 radical (unpaired) electrons. The van der Waals surface area contributed by atoms with E-state index in [1.54, 1.807) is 21.1 Å². The van der Waals surface area contributed by atoms with Crippen LogP contribution in [0.4, 0.5) is 0 Å². The van der Waals surface area contributed by atoms with Crippen LogP contribution in [0.5, 0.6) is 0 Å². The molecule has 57 heavy (non-hydrogen) atoms. The Hall–Kier alpha value is -3.49. The van der Waals surface area contributed by atoms with Crippen molar-refractivity contribution in [2.45, 2.75) is 167 Å². The van der Waals surface area contributed by atoms with Gasteiger partial charge >= 0.3 is 11.9 Å². The zero-order valence-electron chi connectivity index (χ0n) is 36.7. The number of quaternary nitrogens is 1. The summed E-state index contributed by atoms with van der Waals surface area (Å²) in [5.74, 6) is -1.82. The second-order valence-electron chi connectivity index (χ2n) is 15.6. The largest absolute Gasteiger partial charge is 0.544 e. The monoisotopic (exact) mass is 796 g/mol. The molecule has 0 aromatic rings. The molecule has 0 bridgehead atoms. The van der Waals surface area contributed by atoms with Crippen molar-refractivity contribution < 1.29 is 38.2 Å². The summed E-state index contributed by atoms with van der Waals surface area (Å²) >= 11 is 0. The SMILES string of the molecule is CC/C=C/C/C=C/C/C=C/C/C=C/C/C=C/C/C=C/C/C=C/CCCC(=O)OCC(COCCC(C(=O)[O-])[N+](C)(C)C)OC(=O)CCCCCCCCCCCC. The minimum atomic E-state index is -1.14. The third-order valence-electron chi connectivity index (χ3n) is 9.30. The van der Waals surface area contributed by atoms with Gasteiger partial charge in [-0.05, 0) is 64.2 Å². The number of unbranched alkanes of at least 4 members (excludes halogenated alkanes) is 10. The molecule has 0 spiro atoms. The summed E-state index contributed by atoms with van der Waals surface area (Å²) in [6.07, 6.45) is 50.5. The van der Waals surface area contributed by atoms with Gasteiger partial charge in [0.25, 0.3) is 0 Å². The lowest BCUT2D eigenvalue weighted by molar-refractivity contribution is -0.889. The number of hydrogen-bond acceptors (Lipinski definition) is 7. The first-order valence-electron chi connectivity index (χ1n) is 22.1. The summed E-state index contributed by atoms with van der Waals surface area (Å²) in [4.78, 5) is 36.7. The molecule has 0 saturated heterocycles. The van der Waals surface area contributed by atoms with Crippen LogP contribution in [0.1, 0.15) is 155 Å². The van der Waals surface area contributed by atoms with Crippen molar-refractivity contribution in [1.29, 1.82) is 0 Å². The van der Waals surface area contributed by atoms with E-state index in [2.05, 4.69) is 98.9 Å². The summed E-state index contributed by atoms with van der Waals surface area (Å²) < 4.78 is 17.1. The Morgan fingerprint density at radius 3 is 1.44 bits per heavy atom. The van der Waals surface area contributed by atoms with Gasteiger partial charge in [-0.2, -0.15) is 0 Å². The molecule has 0 aliphatic carbocycles. The van der Waals surface area contributed by atoms with Gasteiger partial charge in [0.1, 0.15) is 12.6 Å². The van der Waals surface area contributed by atoms with Crippen molar-refractivity contribution in [2.75, 3.05) is 41.0 Å². The van der Waals surface area contributed by atoms with Gasteiger partial charge in [0, 0.05) is 19.3 Å². The molecule has 8 heteroatoms. The van der Waals surface area contributed by atoms with E-state index in [1.165, 1.54) is 44.9 Å². The van der Waals surface area contributed by atoms with E-state index >= 15 is 0 Å². The van der Waals surface area contributed by atoms with Crippen molar-refractivity contribution in [3.8, 4) is 0 Å². The fourth-order valence-corrected chi connectivity index (χ4v) is 5.88. The molecule has 2 unspecified atom stereocenters. The third kappa shape index (κ3) is 37.8. The van der Waals surface area contributed by atoms with Crippen LogP contribution in [-0.2, 0) is 28.6 Å². The maximum atomic E-state index is 12.7. The Kier molecular flexibility index (Phi) is 36.9. The molecule has 2 atom stereocenters. The highest BCUT2D eigenvalue weighted by Gasteiger charge is 2.25. The van der Waals surface area contributed by atoms with E-state index in [9.17, 15) is 19.5 Å². The fourth-order valence-electron chi connectivity index (χ4n) is 5.88. The summed E-state index contributed by atoms with van der Waals surface area (Å²) in [7, 11) is 5.38. The van der Waals surface area contributed by atoms with Gasteiger partial charge in [0.2, 0.25) is 0 Å². The molecule has 0 amide bonds. The topological polar surface area (TPSA) is 102 Å². The number of hydrogen-bond donors (Lipinski definition) is 0.